The number of nitrogens with one attached hydrogen (secondary N) is 2. The first-order valence-corrected chi connectivity index (χ1v) is 6.61. The molecule has 0 unspecified atom stereocenters. The topological polar surface area (TPSA) is 65.9 Å². The van der Waals surface area contributed by atoms with E-state index in [0.29, 0.717) is 5.11 Å². The minimum Gasteiger partial charge on any atom is -0.508 e. The van der Waals surface area contributed by atoms with E-state index in [9.17, 15) is 5.11 Å². The standard InChI is InChI=1S/C15H15N3O2S/c1-20-14-4-2-3-12(9-14)17-15(21)18-16-10-11-5-7-13(19)8-6-11/h2-10,19H,1H3,(H2,17,18,21)/b16-10+. The molecule has 0 radical (unpaired) electrons. The zero-order valence-electron chi connectivity index (χ0n) is 11.4. The van der Waals surface area contributed by atoms with E-state index in [-0.39, 0.29) is 5.75 Å². The van der Waals surface area contributed by atoms with Crippen molar-refractivity contribution >= 4 is 29.2 Å². The quantitative estimate of drug-likeness (QED) is 0.460. The number of phenols is 1. The van der Waals surface area contributed by atoms with E-state index in [4.69, 9.17) is 17.0 Å². The largest absolute Gasteiger partial charge is 0.508 e. The summed E-state index contributed by atoms with van der Waals surface area (Å²) in [7, 11) is 1.61. The average molecular weight is 301 g/mol. The van der Waals surface area contributed by atoms with Crippen LogP contribution in [0.2, 0.25) is 0 Å². The Bertz CT molecular complexity index is 642. The molecule has 0 amide bonds. The summed E-state index contributed by atoms with van der Waals surface area (Å²) >= 11 is 5.13. The van der Waals surface area contributed by atoms with E-state index in [1.165, 1.54) is 0 Å². The van der Waals surface area contributed by atoms with E-state index in [1.807, 2.05) is 24.3 Å². The molecular weight excluding hydrogens is 286 g/mol. The average Bonchev–Trinajstić information content (AvgIpc) is 2.49. The first-order chi connectivity index (χ1) is 10.2. The summed E-state index contributed by atoms with van der Waals surface area (Å²) in [6.45, 7) is 0. The van der Waals surface area contributed by atoms with Gasteiger partial charge < -0.3 is 15.2 Å². The number of rotatable bonds is 4. The molecule has 0 saturated carbocycles. The van der Waals surface area contributed by atoms with E-state index in [1.54, 1.807) is 37.6 Å². The van der Waals surface area contributed by atoms with Gasteiger partial charge in [-0.05, 0) is 54.2 Å². The van der Waals surface area contributed by atoms with Gasteiger partial charge in [0.1, 0.15) is 11.5 Å². The van der Waals surface area contributed by atoms with Crippen molar-refractivity contribution in [2.75, 3.05) is 12.4 Å². The number of hydrazone groups is 1. The third kappa shape index (κ3) is 4.77. The van der Waals surface area contributed by atoms with Gasteiger partial charge in [0.05, 0.1) is 13.3 Å². The number of ether oxygens (including phenoxy) is 1. The Balaban J connectivity index is 1.88. The lowest BCUT2D eigenvalue weighted by molar-refractivity contribution is 0.415. The van der Waals surface area contributed by atoms with Crippen LogP contribution in [0.3, 0.4) is 0 Å². The molecule has 6 heteroatoms. The molecular formula is C15H15N3O2S. The summed E-state index contributed by atoms with van der Waals surface area (Å²) < 4.78 is 5.13. The number of benzene rings is 2. The highest BCUT2D eigenvalue weighted by Gasteiger charge is 1.98. The Morgan fingerprint density at radius 2 is 2.00 bits per heavy atom. The number of hydrogen-bond donors (Lipinski definition) is 3. The van der Waals surface area contributed by atoms with Gasteiger partial charge in [0, 0.05) is 11.8 Å². The Morgan fingerprint density at radius 1 is 1.24 bits per heavy atom. The van der Waals surface area contributed by atoms with Crippen LogP contribution in [0.5, 0.6) is 11.5 Å². The summed E-state index contributed by atoms with van der Waals surface area (Å²) in [6.07, 6.45) is 1.61. The molecule has 0 spiro atoms. The molecule has 2 aromatic rings. The van der Waals surface area contributed by atoms with Crippen molar-refractivity contribution < 1.29 is 9.84 Å². The minimum atomic E-state index is 0.218. The molecule has 2 aromatic carbocycles. The Labute approximate surface area is 128 Å². The maximum Gasteiger partial charge on any atom is 0.191 e. The third-order valence-electron chi connectivity index (χ3n) is 2.60. The van der Waals surface area contributed by atoms with Crippen LogP contribution in [0.4, 0.5) is 5.69 Å². The van der Waals surface area contributed by atoms with Crippen molar-refractivity contribution in [1.29, 1.82) is 0 Å². The predicted octanol–water partition coefficient (Wildman–Crippen LogP) is 2.72. The molecule has 0 heterocycles. The number of anilines is 1. The summed E-state index contributed by atoms with van der Waals surface area (Å²) in [4.78, 5) is 0. The molecule has 0 aromatic heterocycles. The van der Waals surface area contributed by atoms with E-state index < -0.39 is 0 Å². The smallest absolute Gasteiger partial charge is 0.191 e. The fraction of sp³-hybridized carbons (Fsp3) is 0.0667. The van der Waals surface area contributed by atoms with Gasteiger partial charge in [-0.15, -0.1) is 0 Å². The molecule has 2 rings (SSSR count). The van der Waals surface area contributed by atoms with Crippen LogP contribution in [0.15, 0.2) is 53.6 Å². The van der Waals surface area contributed by atoms with Crippen molar-refractivity contribution in [2.45, 2.75) is 0 Å². The fourth-order valence-electron chi connectivity index (χ4n) is 1.59. The number of aromatic hydroxyl groups is 1. The van der Waals surface area contributed by atoms with Crippen LogP contribution >= 0.6 is 12.2 Å². The van der Waals surface area contributed by atoms with Gasteiger partial charge in [0.15, 0.2) is 5.11 Å². The minimum absolute atomic E-state index is 0.218. The zero-order valence-corrected chi connectivity index (χ0v) is 12.2. The first kappa shape index (κ1) is 14.8. The van der Waals surface area contributed by atoms with Crippen molar-refractivity contribution in [3.63, 3.8) is 0 Å². The van der Waals surface area contributed by atoms with Crippen LogP contribution < -0.4 is 15.5 Å². The maximum atomic E-state index is 9.18. The first-order valence-electron chi connectivity index (χ1n) is 6.20. The third-order valence-corrected chi connectivity index (χ3v) is 2.79. The number of hydrogen-bond acceptors (Lipinski definition) is 4. The van der Waals surface area contributed by atoms with Gasteiger partial charge in [-0.2, -0.15) is 5.10 Å². The normalized spacial score (nSPS) is 10.3. The van der Waals surface area contributed by atoms with E-state index >= 15 is 0 Å². The van der Waals surface area contributed by atoms with Crippen LogP contribution in [-0.4, -0.2) is 23.5 Å². The molecule has 0 atom stereocenters. The lowest BCUT2D eigenvalue weighted by atomic mass is 10.2. The molecule has 0 bridgehead atoms. The Kier molecular flexibility index (Phi) is 5.11. The van der Waals surface area contributed by atoms with Crippen LogP contribution in [0.25, 0.3) is 0 Å². The lowest BCUT2D eigenvalue weighted by Crippen LogP contribution is -2.23. The second-order valence-electron chi connectivity index (χ2n) is 4.15. The highest BCUT2D eigenvalue weighted by Crippen LogP contribution is 2.16. The van der Waals surface area contributed by atoms with Crippen molar-refractivity contribution in [2.24, 2.45) is 5.10 Å². The number of thiocarbonyl (C=S) groups is 1. The summed E-state index contributed by atoms with van der Waals surface area (Å²) in [5, 5.41) is 16.6. The van der Waals surface area contributed by atoms with E-state index in [0.717, 1.165) is 17.0 Å². The summed E-state index contributed by atoms with van der Waals surface area (Å²) in [5.41, 5.74) is 4.38. The van der Waals surface area contributed by atoms with Crippen LogP contribution in [0.1, 0.15) is 5.56 Å². The SMILES string of the molecule is COc1cccc(NC(=S)N/N=C/c2ccc(O)cc2)c1. The van der Waals surface area contributed by atoms with Gasteiger partial charge in [0.25, 0.3) is 0 Å². The van der Waals surface area contributed by atoms with Crippen molar-refractivity contribution in [3.8, 4) is 11.5 Å². The van der Waals surface area contributed by atoms with Crippen LogP contribution in [0, 0.1) is 0 Å². The molecule has 3 N–H and O–H groups in total. The van der Waals surface area contributed by atoms with Crippen molar-refractivity contribution in [1.82, 2.24) is 5.43 Å². The van der Waals surface area contributed by atoms with Gasteiger partial charge in [0.2, 0.25) is 0 Å². The molecule has 0 fully saturated rings. The van der Waals surface area contributed by atoms with Gasteiger partial charge in [-0.3, -0.25) is 5.43 Å². The van der Waals surface area contributed by atoms with Crippen LogP contribution in [-0.2, 0) is 0 Å². The highest BCUT2D eigenvalue weighted by molar-refractivity contribution is 7.80. The van der Waals surface area contributed by atoms with Gasteiger partial charge in [-0.25, -0.2) is 0 Å². The Morgan fingerprint density at radius 3 is 2.71 bits per heavy atom. The molecule has 0 aliphatic carbocycles. The zero-order chi connectivity index (χ0) is 15.1. The lowest BCUT2D eigenvalue weighted by Gasteiger charge is -2.08. The van der Waals surface area contributed by atoms with Gasteiger partial charge in [-0.1, -0.05) is 6.07 Å². The monoisotopic (exact) mass is 301 g/mol. The molecule has 0 aliphatic rings. The Hall–Kier alpha value is -2.60. The second kappa shape index (κ2) is 7.25. The molecule has 108 valence electrons. The number of nitrogens with zero attached hydrogens (tertiary/aromatic N) is 1. The number of methoxy groups -OCH3 is 1. The van der Waals surface area contributed by atoms with Crippen molar-refractivity contribution in [3.05, 3.63) is 54.1 Å². The highest BCUT2D eigenvalue weighted by atomic mass is 32.1. The molecule has 0 saturated heterocycles. The molecule has 0 aliphatic heterocycles. The molecule has 21 heavy (non-hydrogen) atoms. The maximum absolute atomic E-state index is 9.18. The van der Waals surface area contributed by atoms with Gasteiger partial charge >= 0.3 is 0 Å². The predicted molar refractivity (Wildman–Crippen MR) is 88.1 cm³/mol. The fourth-order valence-corrected chi connectivity index (χ4v) is 1.76. The summed E-state index contributed by atoms with van der Waals surface area (Å²) in [6, 6.07) is 14.1. The van der Waals surface area contributed by atoms with E-state index in [2.05, 4.69) is 15.8 Å². The summed E-state index contributed by atoms with van der Waals surface area (Å²) in [5.74, 6) is 0.964. The second-order valence-corrected chi connectivity index (χ2v) is 4.56. The molecule has 5 nitrogen and oxygen atoms in total. The number of phenolic OH excluding ortho intramolecular Hbond substituents is 1.